The van der Waals surface area contributed by atoms with Crippen molar-refractivity contribution in [3.05, 3.63) is 11.6 Å². The molecule has 0 aliphatic rings. The Morgan fingerprint density at radius 2 is 2.17 bits per heavy atom. The third-order valence-corrected chi connectivity index (χ3v) is 1.85. The van der Waals surface area contributed by atoms with Crippen LogP contribution in [0.3, 0.4) is 0 Å². The van der Waals surface area contributed by atoms with Crippen LogP contribution in [0.2, 0.25) is 0 Å². The molecule has 2 N–H and O–H groups in total. The zero-order valence-corrected chi connectivity index (χ0v) is 7.58. The van der Waals surface area contributed by atoms with E-state index >= 15 is 0 Å². The summed E-state index contributed by atoms with van der Waals surface area (Å²) in [6.07, 6.45) is 3.21. The van der Waals surface area contributed by atoms with Crippen molar-refractivity contribution in [2.24, 2.45) is 5.92 Å². The largest absolute Gasteiger partial charge is 0.478 e. The van der Waals surface area contributed by atoms with E-state index in [0.29, 0.717) is 12.0 Å². The zero-order valence-electron chi connectivity index (χ0n) is 7.58. The van der Waals surface area contributed by atoms with Gasteiger partial charge in [0, 0.05) is 12.2 Å². The van der Waals surface area contributed by atoms with E-state index in [4.69, 9.17) is 10.2 Å². The van der Waals surface area contributed by atoms with Crippen LogP contribution in [0, 0.1) is 5.92 Å². The number of carboxylic acid groups (broad SMARTS) is 1. The van der Waals surface area contributed by atoms with Crippen molar-refractivity contribution in [3.63, 3.8) is 0 Å². The second-order valence-electron chi connectivity index (χ2n) is 2.84. The molecule has 0 fully saturated rings. The molecule has 0 aliphatic heterocycles. The van der Waals surface area contributed by atoms with Gasteiger partial charge in [-0.3, -0.25) is 0 Å². The Bertz CT molecular complexity index is 173. The summed E-state index contributed by atoms with van der Waals surface area (Å²) in [7, 11) is 0. The van der Waals surface area contributed by atoms with E-state index in [1.807, 2.05) is 6.92 Å². The minimum atomic E-state index is -0.883. The number of rotatable bonds is 5. The van der Waals surface area contributed by atoms with E-state index in [9.17, 15) is 4.79 Å². The number of carboxylic acids is 1. The van der Waals surface area contributed by atoms with Gasteiger partial charge in [-0.1, -0.05) is 13.0 Å². The maximum Gasteiger partial charge on any atom is 0.330 e. The van der Waals surface area contributed by atoms with Gasteiger partial charge in [-0.05, 0) is 25.7 Å². The van der Waals surface area contributed by atoms with Gasteiger partial charge in [0.2, 0.25) is 0 Å². The average Bonchev–Trinajstić information content (AvgIpc) is 2.03. The van der Waals surface area contributed by atoms with Crippen molar-refractivity contribution in [1.82, 2.24) is 0 Å². The fourth-order valence-corrected chi connectivity index (χ4v) is 0.996. The van der Waals surface area contributed by atoms with Crippen LogP contribution in [0.4, 0.5) is 0 Å². The fourth-order valence-electron chi connectivity index (χ4n) is 0.996. The van der Waals surface area contributed by atoms with Crippen molar-refractivity contribution >= 4 is 5.97 Å². The van der Waals surface area contributed by atoms with E-state index in [1.165, 1.54) is 0 Å². The highest BCUT2D eigenvalue weighted by Crippen LogP contribution is 2.11. The van der Waals surface area contributed by atoms with E-state index < -0.39 is 5.97 Å². The lowest BCUT2D eigenvalue weighted by Gasteiger charge is -2.07. The first-order valence-electron chi connectivity index (χ1n) is 4.14. The second kappa shape index (κ2) is 5.77. The molecule has 0 aromatic carbocycles. The third-order valence-electron chi connectivity index (χ3n) is 1.85. The summed E-state index contributed by atoms with van der Waals surface area (Å²) in [4.78, 5) is 10.4. The summed E-state index contributed by atoms with van der Waals surface area (Å²) in [5.41, 5.74) is 0.357. The molecule has 0 radical (unpaired) electrons. The number of aliphatic hydroxyl groups is 1. The van der Waals surface area contributed by atoms with Gasteiger partial charge in [0.15, 0.2) is 0 Å². The molecule has 0 amide bonds. The van der Waals surface area contributed by atoms with Crippen LogP contribution in [0.1, 0.15) is 26.7 Å². The van der Waals surface area contributed by atoms with Gasteiger partial charge in [-0.25, -0.2) is 4.79 Å². The maximum absolute atomic E-state index is 10.4. The van der Waals surface area contributed by atoms with Gasteiger partial charge in [0.25, 0.3) is 0 Å². The minimum absolute atomic E-state index is 0.113. The Balaban J connectivity index is 4.14. The molecule has 0 heterocycles. The van der Waals surface area contributed by atoms with Crippen LogP contribution < -0.4 is 0 Å². The van der Waals surface area contributed by atoms with Crippen LogP contribution in [0.25, 0.3) is 0 Å². The molecule has 0 rings (SSSR count). The van der Waals surface area contributed by atoms with Crippen molar-refractivity contribution < 1.29 is 15.0 Å². The molecule has 0 saturated heterocycles. The molecule has 0 bridgehead atoms. The fraction of sp³-hybridized carbons (Fsp3) is 0.667. The Kier molecular flexibility index (Phi) is 5.37. The maximum atomic E-state index is 10.4. The Morgan fingerprint density at radius 3 is 2.50 bits per heavy atom. The number of carbonyl (C=O) groups is 1. The molecular formula is C9H16O3. The average molecular weight is 172 g/mol. The molecular weight excluding hydrogens is 156 g/mol. The van der Waals surface area contributed by atoms with E-state index in [-0.39, 0.29) is 12.5 Å². The molecule has 0 aliphatic carbocycles. The van der Waals surface area contributed by atoms with Crippen molar-refractivity contribution in [1.29, 1.82) is 0 Å². The molecule has 0 saturated carbocycles. The molecule has 1 unspecified atom stereocenters. The highest BCUT2D eigenvalue weighted by Gasteiger charge is 2.05. The first-order valence-corrected chi connectivity index (χ1v) is 4.14. The van der Waals surface area contributed by atoms with Crippen molar-refractivity contribution in [3.8, 4) is 0 Å². The summed E-state index contributed by atoms with van der Waals surface area (Å²) < 4.78 is 0. The number of hydrogen-bond donors (Lipinski definition) is 2. The molecule has 70 valence electrons. The lowest BCUT2D eigenvalue weighted by Crippen LogP contribution is -2.03. The standard InChI is InChI=1S/C9H16O3/c1-3-8(4-5-10)6-7(2)9(11)12/h6,8,10H,3-5H2,1-2H3,(H,11,12). The smallest absolute Gasteiger partial charge is 0.330 e. The van der Waals surface area contributed by atoms with E-state index in [1.54, 1.807) is 13.0 Å². The minimum Gasteiger partial charge on any atom is -0.478 e. The molecule has 3 heteroatoms. The van der Waals surface area contributed by atoms with Gasteiger partial charge in [-0.15, -0.1) is 0 Å². The summed E-state index contributed by atoms with van der Waals surface area (Å²) in [5.74, 6) is -0.697. The summed E-state index contributed by atoms with van der Waals surface area (Å²) >= 11 is 0. The molecule has 0 aromatic rings. The first-order chi connectivity index (χ1) is 5.61. The predicted octanol–water partition coefficient (Wildman–Crippen LogP) is 1.43. The Hall–Kier alpha value is -0.830. The molecule has 1 atom stereocenters. The van der Waals surface area contributed by atoms with Crippen molar-refractivity contribution in [2.75, 3.05) is 6.61 Å². The van der Waals surface area contributed by atoms with Crippen LogP contribution in [0.15, 0.2) is 11.6 Å². The zero-order chi connectivity index (χ0) is 9.56. The lowest BCUT2D eigenvalue weighted by molar-refractivity contribution is -0.132. The van der Waals surface area contributed by atoms with Crippen LogP contribution in [0.5, 0.6) is 0 Å². The normalized spacial score (nSPS) is 14.4. The summed E-state index contributed by atoms with van der Waals surface area (Å²) in [6.45, 7) is 3.66. The number of aliphatic hydroxyl groups excluding tert-OH is 1. The Morgan fingerprint density at radius 1 is 1.58 bits per heavy atom. The van der Waals surface area contributed by atoms with Crippen LogP contribution in [-0.4, -0.2) is 22.8 Å². The van der Waals surface area contributed by atoms with E-state index in [0.717, 1.165) is 6.42 Å². The highest BCUT2D eigenvalue weighted by molar-refractivity contribution is 5.85. The van der Waals surface area contributed by atoms with Crippen molar-refractivity contribution in [2.45, 2.75) is 26.7 Å². The van der Waals surface area contributed by atoms with Crippen LogP contribution in [-0.2, 0) is 4.79 Å². The third kappa shape index (κ3) is 4.13. The summed E-state index contributed by atoms with van der Waals surface area (Å²) in [6, 6.07) is 0. The highest BCUT2D eigenvalue weighted by atomic mass is 16.4. The van der Waals surface area contributed by atoms with Gasteiger partial charge >= 0.3 is 5.97 Å². The molecule has 0 aromatic heterocycles. The molecule has 12 heavy (non-hydrogen) atoms. The number of allylic oxidation sites excluding steroid dienone is 1. The predicted molar refractivity (Wildman–Crippen MR) is 46.9 cm³/mol. The summed E-state index contributed by atoms with van der Waals surface area (Å²) in [5, 5.41) is 17.2. The topological polar surface area (TPSA) is 57.5 Å². The monoisotopic (exact) mass is 172 g/mol. The van der Waals surface area contributed by atoms with Gasteiger partial charge < -0.3 is 10.2 Å². The quantitative estimate of drug-likeness (QED) is 0.617. The first kappa shape index (κ1) is 11.2. The Labute approximate surface area is 72.7 Å². The number of aliphatic carboxylic acids is 1. The molecule has 3 nitrogen and oxygen atoms in total. The number of hydrogen-bond acceptors (Lipinski definition) is 2. The van der Waals surface area contributed by atoms with Gasteiger partial charge in [0.1, 0.15) is 0 Å². The molecule has 0 spiro atoms. The van der Waals surface area contributed by atoms with Crippen LogP contribution >= 0.6 is 0 Å². The van der Waals surface area contributed by atoms with Gasteiger partial charge in [0.05, 0.1) is 0 Å². The second-order valence-corrected chi connectivity index (χ2v) is 2.84. The van der Waals surface area contributed by atoms with E-state index in [2.05, 4.69) is 0 Å². The lowest BCUT2D eigenvalue weighted by atomic mass is 10.00. The SMILES string of the molecule is CCC(C=C(C)C(=O)O)CCO. The van der Waals surface area contributed by atoms with Gasteiger partial charge in [-0.2, -0.15) is 0 Å².